The van der Waals surface area contributed by atoms with Crippen molar-refractivity contribution in [3.05, 3.63) is 46.0 Å². The Morgan fingerprint density at radius 1 is 1.64 bits per heavy atom. The standard InChI is InChI=1S/C7H6NO3/c9-8(10)11-6-7-4-2-1-3-5-7/h1-4H,6H2. The molecule has 0 heterocycles. The van der Waals surface area contributed by atoms with Gasteiger partial charge in [-0.3, -0.25) is 0 Å². The Labute approximate surface area is 63.5 Å². The summed E-state index contributed by atoms with van der Waals surface area (Å²) in [7, 11) is 0. The van der Waals surface area contributed by atoms with E-state index in [1.165, 1.54) is 0 Å². The van der Waals surface area contributed by atoms with Crippen LogP contribution in [0.2, 0.25) is 0 Å². The maximum atomic E-state index is 9.74. The molecule has 0 spiro atoms. The van der Waals surface area contributed by atoms with Crippen LogP contribution in [0.15, 0.2) is 24.3 Å². The minimum Gasteiger partial charge on any atom is -0.309 e. The lowest BCUT2D eigenvalue weighted by molar-refractivity contribution is -0.763. The summed E-state index contributed by atoms with van der Waals surface area (Å²) in [6, 6.07) is 9.75. The normalized spacial score (nSPS) is 9.09. The average Bonchev–Trinajstić information content (AvgIpc) is 2.03. The number of hydrogen-bond donors (Lipinski definition) is 0. The lowest BCUT2D eigenvalue weighted by atomic mass is 10.2. The Balaban J connectivity index is 2.45. The molecule has 0 aromatic heterocycles. The molecule has 0 atom stereocenters. The Morgan fingerprint density at radius 3 is 3.00 bits per heavy atom. The van der Waals surface area contributed by atoms with Crippen molar-refractivity contribution in [3.8, 4) is 0 Å². The molecule has 0 unspecified atom stereocenters. The minimum absolute atomic E-state index is 0.0339. The van der Waals surface area contributed by atoms with Crippen molar-refractivity contribution in [2.45, 2.75) is 6.61 Å². The number of rotatable bonds is 3. The summed E-state index contributed by atoms with van der Waals surface area (Å²) in [5.41, 5.74) is 0.671. The Hall–Kier alpha value is -1.58. The van der Waals surface area contributed by atoms with Crippen molar-refractivity contribution in [3.63, 3.8) is 0 Å². The lowest BCUT2D eigenvalue weighted by Crippen LogP contribution is -1.99. The van der Waals surface area contributed by atoms with E-state index in [1.807, 2.05) is 0 Å². The van der Waals surface area contributed by atoms with Crippen LogP contribution in [0, 0.1) is 16.2 Å². The van der Waals surface area contributed by atoms with E-state index >= 15 is 0 Å². The third-order valence-corrected chi connectivity index (χ3v) is 1.10. The van der Waals surface area contributed by atoms with Crippen LogP contribution in [0.5, 0.6) is 0 Å². The molecule has 4 nitrogen and oxygen atoms in total. The van der Waals surface area contributed by atoms with Crippen molar-refractivity contribution in [2.75, 3.05) is 0 Å². The fourth-order valence-electron chi connectivity index (χ4n) is 0.643. The summed E-state index contributed by atoms with van der Waals surface area (Å²) in [5.74, 6) is 0. The van der Waals surface area contributed by atoms with Gasteiger partial charge in [0.2, 0.25) is 0 Å². The quantitative estimate of drug-likeness (QED) is 0.483. The largest absolute Gasteiger partial charge is 0.309 e. The number of nitrogens with zero attached hydrogens (tertiary/aromatic N) is 1. The lowest BCUT2D eigenvalue weighted by Gasteiger charge is -1.96. The first-order valence-electron chi connectivity index (χ1n) is 3.02. The summed E-state index contributed by atoms with van der Waals surface area (Å²) < 4.78 is 0. The van der Waals surface area contributed by atoms with Gasteiger partial charge in [0.25, 0.3) is 5.09 Å². The first-order valence-corrected chi connectivity index (χ1v) is 3.02. The third kappa shape index (κ3) is 2.66. The molecule has 1 aromatic rings. The highest BCUT2D eigenvalue weighted by Gasteiger charge is 1.95. The topological polar surface area (TPSA) is 52.4 Å². The fraction of sp³-hybridized carbons (Fsp3) is 0.143. The van der Waals surface area contributed by atoms with E-state index in [4.69, 9.17) is 0 Å². The maximum Gasteiger partial charge on any atom is 0.294 e. The van der Waals surface area contributed by atoms with Crippen LogP contribution in [0.4, 0.5) is 0 Å². The van der Waals surface area contributed by atoms with Gasteiger partial charge < -0.3 is 4.84 Å². The van der Waals surface area contributed by atoms with E-state index in [9.17, 15) is 10.1 Å². The predicted molar refractivity (Wildman–Crippen MR) is 37.1 cm³/mol. The van der Waals surface area contributed by atoms with Gasteiger partial charge in [-0.15, -0.1) is 10.1 Å². The molecular formula is C7H6NO3. The van der Waals surface area contributed by atoms with Gasteiger partial charge in [0.05, 0.1) is 0 Å². The van der Waals surface area contributed by atoms with E-state index in [0.29, 0.717) is 5.56 Å². The monoisotopic (exact) mass is 152 g/mol. The number of benzene rings is 1. The first-order chi connectivity index (χ1) is 5.29. The smallest absolute Gasteiger partial charge is 0.294 e. The van der Waals surface area contributed by atoms with Gasteiger partial charge in [-0.2, -0.15) is 0 Å². The van der Waals surface area contributed by atoms with Gasteiger partial charge >= 0.3 is 0 Å². The molecule has 0 bridgehead atoms. The van der Waals surface area contributed by atoms with E-state index in [-0.39, 0.29) is 6.61 Å². The van der Waals surface area contributed by atoms with Gasteiger partial charge in [0.15, 0.2) is 0 Å². The molecule has 1 rings (SSSR count). The molecule has 0 N–H and O–H groups in total. The van der Waals surface area contributed by atoms with Crippen molar-refractivity contribution in [1.82, 2.24) is 0 Å². The molecule has 1 radical (unpaired) electrons. The van der Waals surface area contributed by atoms with Crippen LogP contribution in [-0.2, 0) is 11.4 Å². The van der Waals surface area contributed by atoms with Crippen molar-refractivity contribution < 1.29 is 9.92 Å². The van der Waals surface area contributed by atoms with Crippen LogP contribution in [0.25, 0.3) is 0 Å². The zero-order valence-corrected chi connectivity index (χ0v) is 5.69. The number of hydrogen-bond acceptors (Lipinski definition) is 3. The van der Waals surface area contributed by atoms with E-state index in [2.05, 4.69) is 10.9 Å². The molecule has 0 saturated carbocycles. The maximum absolute atomic E-state index is 9.74. The van der Waals surface area contributed by atoms with Gasteiger partial charge in [-0.25, -0.2) is 0 Å². The second kappa shape index (κ2) is 3.55. The zero-order chi connectivity index (χ0) is 8.10. The first kappa shape index (κ1) is 7.53. The Kier molecular flexibility index (Phi) is 2.43. The second-order valence-corrected chi connectivity index (χ2v) is 1.88. The summed E-state index contributed by atoms with van der Waals surface area (Å²) in [5, 5.41) is 8.92. The molecule has 0 aliphatic rings. The third-order valence-electron chi connectivity index (χ3n) is 1.10. The average molecular weight is 152 g/mol. The van der Waals surface area contributed by atoms with Crippen molar-refractivity contribution in [2.24, 2.45) is 0 Å². The fourth-order valence-corrected chi connectivity index (χ4v) is 0.643. The molecular weight excluding hydrogens is 146 g/mol. The molecule has 0 saturated heterocycles. The van der Waals surface area contributed by atoms with Gasteiger partial charge in [-0.1, -0.05) is 24.3 Å². The van der Waals surface area contributed by atoms with Gasteiger partial charge in [0, 0.05) is 0 Å². The van der Waals surface area contributed by atoms with Crippen LogP contribution in [0.1, 0.15) is 5.56 Å². The van der Waals surface area contributed by atoms with Crippen molar-refractivity contribution in [1.29, 1.82) is 0 Å². The van der Waals surface area contributed by atoms with Gasteiger partial charge in [-0.05, 0) is 11.6 Å². The minimum atomic E-state index is -0.819. The summed E-state index contributed by atoms with van der Waals surface area (Å²) in [6.45, 7) is -0.0339. The summed E-state index contributed by atoms with van der Waals surface area (Å²) in [6.07, 6.45) is 0. The van der Waals surface area contributed by atoms with Crippen molar-refractivity contribution >= 4 is 0 Å². The van der Waals surface area contributed by atoms with E-state index < -0.39 is 5.09 Å². The molecule has 0 amide bonds. The van der Waals surface area contributed by atoms with E-state index in [0.717, 1.165) is 0 Å². The Bertz CT molecular complexity index is 235. The molecule has 1 aromatic carbocycles. The van der Waals surface area contributed by atoms with Crippen LogP contribution in [0.3, 0.4) is 0 Å². The second-order valence-electron chi connectivity index (χ2n) is 1.88. The summed E-state index contributed by atoms with van der Waals surface area (Å²) in [4.78, 5) is 13.9. The van der Waals surface area contributed by atoms with Crippen LogP contribution < -0.4 is 0 Å². The van der Waals surface area contributed by atoms with Crippen LogP contribution >= 0.6 is 0 Å². The van der Waals surface area contributed by atoms with Crippen LogP contribution in [-0.4, -0.2) is 5.09 Å². The van der Waals surface area contributed by atoms with Gasteiger partial charge in [0.1, 0.15) is 6.61 Å². The molecule has 0 fully saturated rings. The molecule has 4 heteroatoms. The van der Waals surface area contributed by atoms with E-state index in [1.54, 1.807) is 24.3 Å². The highest BCUT2D eigenvalue weighted by molar-refractivity contribution is 5.11. The molecule has 11 heavy (non-hydrogen) atoms. The molecule has 0 aliphatic carbocycles. The summed E-state index contributed by atoms with van der Waals surface area (Å²) >= 11 is 0. The SMILES string of the molecule is O=[N+]([O-])OCc1[c]cccc1. The molecule has 57 valence electrons. The highest BCUT2D eigenvalue weighted by atomic mass is 16.9. The zero-order valence-electron chi connectivity index (χ0n) is 5.69. The highest BCUT2D eigenvalue weighted by Crippen LogP contribution is 1.98. The molecule has 0 aliphatic heterocycles. The predicted octanol–water partition coefficient (Wildman–Crippen LogP) is 1.20. The Morgan fingerprint density at radius 2 is 2.45 bits per heavy atom.